The summed E-state index contributed by atoms with van der Waals surface area (Å²) in [4.78, 5) is 0. The number of hydrogen-bond acceptors (Lipinski definition) is 1. The molecule has 12 heavy (non-hydrogen) atoms. The van der Waals surface area contributed by atoms with E-state index in [-0.39, 0.29) is 0 Å². The molecule has 1 nitrogen and oxygen atoms in total. The zero-order chi connectivity index (χ0) is 9.40. The van der Waals surface area contributed by atoms with E-state index in [9.17, 15) is 0 Å². The third kappa shape index (κ3) is 4.76. The molecule has 0 fully saturated rings. The van der Waals surface area contributed by atoms with E-state index in [1.54, 1.807) is 7.11 Å². The van der Waals surface area contributed by atoms with Crippen LogP contribution in [0.5, 0.6) is 0 Å². The van der Waals surface area contributed by atoms with E-state index in [4.69, 9.17) is 4.74 Å². The molecule has 0 radical (unpaired) electrons. The van der Waals surface area contributed by atoms with Crippen molar-refractivity contribution in [1.29, 1.82) is 0 Å². The van der Waals surface area contributed by atoms with E-state index in [2.05, 4.69) is 20.8 Å². The van der Waals surface area contributed by atoms with Crippen LogP contribution in [0.25, 0.3) is 0 Å². The van der Waals surface area contributed by atoms with Gasteiger partial charge in [0.25, 0.3) is 0 Å². The summed E-state index contributed by atoms with van der Waals surface area (Å²) in [5.74, 6) is 1.74. The molecule has 0 spiro atoms. The molecule has 2 atom stereocenters. The Hall–Kier alpha value is -0.0400. The minimum Gasteiger partial charge on any atom is -0.385 e. The van der Waals surface area contributed by atoms with Crippen LogP contribution in [0.1, 0.15) is 46.5 Å². The van der Waals surface area contributed by atoms with Crippen molar-refractivity contribution < 1.29 is 4.74 Å². The van der Waals surface area contributed by atoms with Crippen molar-refractivity contribution in [1.82, 2.24) is 0 Å². The Labute approximate surface area is 77.5 Å². The SMILES string of the molecule is CCC[C@@H](C)[C@H](CC)CCOC. The Kier molecular flexibility index (Phi) is 7.58. The highest BCUT2D eigenvalue weighted by Gasteiger charge is 2.13. The average Bonchev–Trinajstić information content (AvgIpc) is 2.06. The molecular weight excluding hydrogens is 148 g/mol. The predicted molar refractivity (Wildman–Crippen MR) is 54.3 cm³/mol. The third-order valence-corrected chi connectivity index (χ3v) is 2.77. The first-order valence-electron chi connectivity index (χ1n) is 5.25. The summed E-state index contributed by atoms with van der Waals surface area (Å²) in [6.07, 6.45) is 5.20. The minimum atomic E-state index is 0.866. The lowest BCUT2D eigenvalue weighted by Crippen LogP contribution is -2.12. The second kappa shape index (κ2) is 7.60. The zero-order valence-corrected chi connectivity index (χ0v) is 9.10. The second-order valence-electron chi connectivity index (χ2n) is 3.72. The summed E-state index contributed by atoms with van der Waals surface area (Å²) in [5, 5.41) is 0. The maximum absolute atomic E-state index is 5.10. The lowest BCUT2D eigenvalue weighted by atomic mass is 9.86. The molecule has 0 unspecified atom stereocenters. The van der Waals surface area contributed by atoms with Gasteiger partial charge in [0.1, 0.15) is 0 Å². The zero-order valence-electron chi connectivity index (χ0n) is 9.10. The fourth-order valence-corrected chi connectivity index (χ4v) is 1.85. The third-order valence-electron chi connectivity index (χ3n) is 2.77. The number of hydrogen-bond donors (Lipinski definition) is 0. The van der Waals surface area contributed by atoms with Gasteiger partial charge < -0.3 is 4.74 Å². The van der Waals surface area contributed by atoms with E-state index in [1.165, 1.54) is 25.7 Å². The lowest BCUT2D eigenvalue weighted by Gasteiger charge is -2.21. The molecule has 0 saturated heterocycles. The molecule has 0 aliphatic heterocycles. The van der Waals surface area contributed by atoms with Crippen LogP contribution in [0.2, 0.25) is 0 Å². The number of rotatable bonds is 7. The van der Waals surface area contributed by atoms with E-state index in [0.29, 0.717) is 0 Å². The molecule has 0 amide bonds. The first-order valence-corrected chi connectivity index (χ1v) is 5.25. The first-order chi connectivity index (χ1) is 5.76. The Morgan fingerprint density at radius 1 is 1.17 bits per heavy atom. The van der Waals surface area contributed by atoms with Crippen LogP contribution in [0.3, 0.4) is 0 Å². The Morgan fingerprint density at radius 2 is 1.83 bits per heavy atom. The normalized spacial score (nSPS) is 16.0. The number of ether oxygens (including phenoxy) is 1. The summed E-state index contributed by atoms with van der Waals surface area (Å²) >= 11 is 0. The summed E-state index contributed by atoms with van der Waals surface area (Å²) in [5.41, 5.74) is 0. The van der Waals surface area contributed by atoms with Gasteiger partial charge in [-0.25, -0.2) is 0 Å². The van der Waals surface area contributed by atoms with Gasteiger partial charge >= 0.3 is 0 Å². The molecule has 0 aliphatic rings. The van der Waals surface area contributed by atoms with Gasteiger partial charge in [-0.2, -0.15) is 0 Å². The predicted octanol–water partition coefficient (Wildman–Crippen LogP) is 3.49. The van der Waals surface area contributed by atoms with Crippen molar-refractivity contribution >= 4 is 0 Å². The van der Waals surface area contributed by atoms with Gasteiger partial charge in [0.2, 0.25) is 0 Å². The second-order valence-corrected chi connectivity index (χ2v) is 3.72. The minimum absolute atomic E-state index is 0.866. The molecule has 0 bridgehead atoms. The molecular formula is C11H24O. The van der Waals surface area contributed by atoms with E-state index in [1.807, 2.05) is 0 Å². The van der Waals surface area contributed by atoms with Gasteiger partial charge in [-0.05, 0) is 18.3 Å². The summed E-state index contributed by atoms with van der Waals surface area (Å²) in [7, 11) is 1.79. The summed E-state index contributed by atoms with van der Waals surface area (Å²) in [6, 6.07) is 0. The van der Waals surface area contributed by atoms with Gasteiger partial charge in [0.05, 0.1) is 0 Å². The number of methoxy groups -OCH3 is 1. The van der Waals surface area contributed by atoms with Crippen molar-refractivity contribution in [3.05, 3.63) is 0 Å². The molecule has 1 heteroatoms. The van der Waals surface area contributed by atoms with Gasteiger partial charge in [0.15, 0.2) is 0 Å². The Bertz CT molecular complexity index is 91.0. The fourth-order valence-electron chi connectivity index (χ4n) is 1.85. The van der Waals surface area contributed by atoms with E-state index >= 15 is 0 Å². The Morgan fingerprint density at radius 3 is 2.25 bits per heavy atom. The van der Waals surface area contributed by atoms with Crippen molar-refractivity contribution in [2.45, 2.75) is 46.5 Å². The highest BCUT2D eigenvalue weighted by atomic mass is 16.5. The fraction of sp³-hybridized carbons (Fsp3) is 1.00. The molecule has 0 saturated carbocycles. The highest BCUT2D eigenvalue weighted by Crippen LogP contribution is 2.23. The average molecular weight is 172 g/mol. The van der Waals surface area contributed by atoms with Crippen LogP contribution in [0.4, 0.5) is 0 Å². The molecule has 0 aromatic carbocycles. The van der Waals surface area contributed by atoms with Crippen LogP contribution in [-0.2, 0) is 4.74 Å². The first kappa shape index (κ1) is 12.0. The van der Waals surface area contributed by atoms with Crippen molar-refractivity contribution in [3.8, 4) is 0 Å². The smallest absolute Gasteiger partial charge is 0.0465 e. The standard InChI is InChI=1S/C11H24O/c1-5-7-10(3)11(6-2)8-9-12-4/h10-11H,5-9H2,1-4H3/t10-,11-/m1/s1. The van der Waals surface area contributed by atoms with Crippen LogP contribution in [0.15, 0.2) is 0 Å². The van der Waals surface area contributed by atoms with Crippen LogP contribution in [-0.4, -0.2) is 13.7 Å². The quantitative estimate of drug-likeness (QED) is 0.571. The molecule has 0 rings (SSSR count). The monoisotopic (exact) mass is 172 g/mol. The van der Waals surface area contributed by atoms with Crippen LogP contribution in [0, 0.1) is 11.8 Å². The topological polar surface area (TPSA) is 9.23 Å². The largest absolute Gasteiger partial charge is 0.385 e. The molecule has 74 valence electrons. The van der Waals surface area contributed by atoms with E-state index < -0.39 is 0 Å². The van der Waals surface area contributed by atoms with Gasteiger partial charge in [-0.15, -0.1) is 0 Å². The van der Waals surface area contributed by atoms with E-state index in [0.717, 1.165) is 18.4 Å². The lowest BCUT2D eigenvalue weighted by molar-refractivity contribution is 0.158. The molecule has 0 aliphatic carbocycles. The molecule has 0 N–H and O–H groups in total. The Balaban J connectivity index is 3.62. The van der Waals surface area contributed by atoms with Crippen LogP contribution < -0.4 is 0 Å². The van der Waals surface area contributed by atoms with Crippen molar-refractivity contribution in [3.63, 3.8) is 0 Å². The van der Waals surface area contributed by atoms with Crippen molar-refractivity contribution in [2.75, 3.05) is 13.7 Å². The summed E-state index contributed by atoms with van der Waals surface area (Å²) in [6.45, 7) is 7.84. The van der Waals surface area contributed by atoms with Gasteiger partial charge in [-0.1, -0.05) is 40.0 Å². The molecule has 0 heterocycles. The van der Waals surface area contributed by atoms with Gasteiger partial charge in [0, 0.05) is 13.7 Å². The maximum atomic E-state index is 5.10. The molecule has 0 aromatic rings. The van der Waals surface area contributed by atoms with Crippen LogP contribution >= 0.6 is 0 Å². The van der Waals surface area contributed by atoms with Crippen molar-refractivity contribution in [2.24, 2.45) is 11.8 Å². The van der Waals surface area contributed by atoms with Gasteiger partial charge in [-0.3, -0.25) is 0 Å². The highest BCUT2D eigenvalue weighted by molar-refractivity contribution is 4.64. The summed E-state index contributed by atoms with van der Waals surface area (Å²) < 4.78 is 5.10. The maximum Gasteiger partial charge on any atom is 0.0465 e. The molecule has 0 aromatic heterocycles.